The Kier molecular flexibility index (Phi) is 3.13. The van der Waals surface area contributed by atoms with E-state index in [0.717, 1.165) is 6.92 Å². The number of aromatic nitrogens is 1. The molecule has 17 heavy (non-hydrogen) atoms. The van der Waals surface area contributed by atoms with E-state index in [2.05, 4.69) is 4.74 Å². The van der Waals surface area contributed by atoms with Crippen LogP contribution in [0.15, 0.2) is 10.9 Å². The minimum atomic E-state index is -5.18. The van der Waals surface area contributed by atoms with Crippen molar-refractivity contribution in [3.63, 3.8) is 0 Å². The van der Waals surface area contributed by atoms with E-state index in [1.165, 1.54) is 4.98 Å². The predicted molar refractivity (Wildman–Crippen MR) is 43.5 cm³/mol. The molecule has 0 aliphatic carbocycles. The summed E-state index contributed by atoms with van der Waals surface area (Å²) < 4.78 is 75.6. The van der Waals surface area contributed by atoms with Gasteiger partial charge in [-0.25, -0.2) is 0 Å². The van der Waals surface area contributed by atoms with Gasteiger partial charge < -0.3 is 9.72 Å². The van der Waals surface area contributed by atoms with Gasteiger partial charge in [-0.2, -0.15) is 13.2 Å². The van der Waals surface area contributed by atoms with Crippen LogP contribution in [0.3, 0.4) is 0 Å². The van der Waals surface area contributed by atoms with Crippen molar-refractivity contribution in [3.05, 3.63) is 27.5 Å². The summed E-state index contributed by atoms with van der Waals surface area (Å²) in [4.78, 5) is 12.4. The Morgan fingerprint density at radius 1 is 1.18 bits per heavy atom. The second-order valence-electron chi connectivity index (χ2n) is 3.04. The molecular weight excluding hydrogens is 256 g/mol. The van der Waals surface area contributed by atoms with Gasteiger partial charge in [0.2, 0.25) is 5.88 Å². The second-order valence-corrected chi connectivity index (χ2v) is 3.04. The molecule has 1 aromatic heterocycles. The summed E-state index contributed by atoms with van der Waals surface area (Å²) in [6.07, 6.45) is -10.1. The van der Waals surface area contributed by atoms with Crippen LogP contribution >= 0.6 is 0 Å². The fourth-order valence-corrected chi connectivity index (χ4v) is 1.07. The average Bonchev–Trinajstić information content (AvgIpc) is 2.06. The molecule has 0 atom stereocenters. The van der Waals surface area contributed by atoms with Crippen LogP contribution in [-0.2, 0) is 6.18 Å². The van der Waals surface area contributed by atoms with Crippen molar-refractivity contribution in [1.29, 1.82) is 0 Å². The largest absolute Gasteiger partial charge is 0.574 e. The third-order valence-electron chi connectivity index (χ3n) is 1.76. The summed E-state index contributed by atoms with van der Waals surface area (Å²) in [6.45, 7) is 0.846. The number of pyridine rings is 1. The zero-order valence-electron chi connectivity index (χ0n) is 8.16. The highest BCUT2D eigenvalue weighted by Gasteiger charge is 2.37. The maximum absolute atomic E-state index is 12.3. The number of hydrogen-bond acceptors (Lipinski definition) is 2. The zero-order valence-corrected chi connectivity index (χ0v) is 8.16. The lowest BCUT2D eigenvalue weighted by Gasteiger charge is -2.13. The maximum atomic E-state index is 12.3. The van der Waals surface area contributed by atoms with E-state index in [0.29, 0.717) is 6.07 Å². The molecule has 1 rings (SSSR count). The first kappa shape index (κ1) is 13.4. The van der Waals surface area contributed by atoms with Crippen LogP contribution in [0.25, 0.3) is 0 Å². The molecule has 0 aromatic carbocycles. The zero-order chi connectivity index (χ0) is 13.4. The third kappa shape index (κ3) is 3.40. The fraction of sp³-hybridized carbons (Fsp3) is 0.375. The lowest BCUT2D eigenvalue weighted by atomic mass is 10.2. The molecule has 0 amide bonds. The summed E-state index contributed by atoms with van der Waals surface area (Å²) in [5, 5.41) is 0. The predicted octanol–water partition coefficient (Wildman–Crippen LogP) is 2.60. The van der Waals surface area contributed by atoms with E-state index in [-0.39, 0.29) is 0 Å². The Hall–Kier alpha value is -1.67. The Bertz CT molecular complexity index is 472. The van der Waals surface area contributed by atoms with Gasteiger partial charge in [-0.05, 0) is 6.92 Å². The minimum Gasteiger partial charge on any atom is -0.390 e. The molecule has 1 N–H and O–H groups in total. The molecule has 0 unspecified atom stereocenters. The number of halogens is 6. The number of hydrogen-bond donors (Lipinski definition) is 1. The first-order valence-corrected chi connectivity index (χ1v) is 4.07. The lowest BCUT2D eigenvalue weighted by Crippen LogP contribution is -2.23. The van der Waals surface area contributed by atoms with E-state index in [4.69, 9.17) is 0 Å². The number of alkyl halides is 6. The third-order valence-corrected chi connectivity index (χ3v) is 1.76. The van der Waals surface area contributed by atoms with Crippen LogP contribution in [-0.4, -0.2) is 11.3 Å². The van der Waals surface area contributed by atoms with Gasteiger partial charge in [0.05, 0.1) is 0 Å². The Labute approximate surface area is 90.0 Å². The quantitative estimate of drug-likeness (QED) is 0.789. The topological polar surface area (TPSA) is 42.1 Å². The highest BCUT2D eigenvalue weighted by Crippen LogP contribution is 2.31. The van der Waals surface area contributed by atoms with Crippen LogP contribution in [0.1, 0.15) is 11.3 Å². The Balaban J connectivity index is 3.30. The average molecular weight is 261 g/mol. The van der Waals surface area contributed by atoms with Gasteiger partial charge in [-0.15, -0.1) is 13.2 Å². The molecule has 9 heteroatoms. The van der Waals surface area contributed by atoms with Gasteiger partial charge in [-0.1, -0.05) is 0 Å². The standard InChI is InChI=1S/C8H5F6NO2/c1-3-4(16)2-5(17-8(12,13)14)15-6(3)7(9,10)11/h2H,1H3,(H,15,16). The van der Waals surface area contributed by atoms with E-state index in [9.17, 15) is 31.1 Å². The van der Waals surface area contributed by atoms with Crippen LogP contribution in [0.4, 0.5) is 26.3 Å². The molecule has 96 valence electrons. The summed E-state index contributed by atoms with van der Waals surface area (Å²) in [5.74, 6) is -1.31. The number of H-pyrrole nitrogens is 1. The van der Waals surface area contributed by atoms with E-state index in [1.54, 1.807) is 0 Å². The Morgan fingerprint density at radius 2 is 1.71 bits per heavy atom. The molecule has 0 bridgehead atoms. The Morgan fingerprint density at radius 3 is 2.12 bits per heavy atom. The fourth-order valence-electron chi connectivity index (χ4n) is 1.07. The summed E-state index contributed by atoms with van der Waals surface area (Å²) in [7, 11) is 0. The normalized spacial score (nSPS) is 12.6. The maximum Gasteiger partial charge on any atom is 0.574 e. The summed E-state index contributed by atoms with van der Waals surface area (Å²) in [6, 6.07) is 0.304. The van der Waals surface area contributed by atoms with Crippen molar-refractivity contribution in [3.8, 4) is 5.88 Å². The molecule has 1 heterocycles. The number of nitrogens with one attached hydrogen (secondary N) is 1. The molecule has 1 aromatic rings. The molecule has 0 spiro atoms. The molecule has 0 saturated heterocycles. The molecule has 0 saturated carbocycles. The highest BCUT2D eigenvalue weighted by molar-refractivity contribution is 5.26. The first-order chi connectivity index (χ1) is 7.50. The van der Waals surface area contributed by atoms with Crippen molar-refractivity contribution in [1.82, 2.24) is 4.98 Å². The summed E-state index contributed by atoms with van der Waals surface area (Å²) >= 11 is 0. The molecule has 0 aliphatic heterocycles. The molecule has 0 aliphatic rings. The number of ether oxygens (including phenoxy) is 1. The van der Waals surface area contributed by atoms with Gasteiger partial charge in [0.15, 0.2) is 5.43 Å². The van der Waals surface area contributed by atoms with Gasteiger partial charge in [-0.3, -0.25) is 4.79 Å². The van der Waals surface area contributed by atoms with Crippen LogP contribution in [0.2, 0.25) is 0 Å². The van der Waals surface area contributed by atoms with Crippen molar-refractivity contribution in [2.24, 2.45) is 0 Å². The molecule has 0 fully saturated rings. The van der Waals surface area contributed by atoms with Crippen molar-refractivity contribution >= 4 is 0 Å². The van der Waals surface area contributed by atoms with E-state index >= 15 is 0 Å². The SMILES string of the molecule is Cc1c(C(F)(F)F)[nH]c(OC(F)(F)F)cc1=O. The van der Waals surface area contributed by atoms with Gasteiger partial charge in [0.1, 0.15) is 5.69 Å². The van der Waals surface area contributed by atoms with Gasteiger partial charge in [0.25, 0.3) is 0 Å². The van der Waals surface area contributed by atoms with Crippen molar-refractivity contribution < 1.29 is 31.1 Å². The molecule has 3 nitrogen and oxygen atoms in total. The van der Waals surface area contributed by atoms with Gasteiger partial charge in [0, 0.05) is 11.6 Å². The number of aromatic amines is 1. The van der Waals surface area contributed by atoms with Crippen LogP contribution in [0.5, 0.6) is 5.88 Å². The smallest absolute Gasteiger partial charge is 0.390 e. The number of rotatable bonds is 1. The van der Waals surface area contributed by atoms with Crippen LogP contribution in [0, 0.1) is 6.92 Å². The monoisotopic (exact) mass is 261 g/mol. The van der Waals surface area contributed by atoms with E-state index in [1.807, 2.05) is 0 Å². The van der Waals surface area contributed by atoms with E-state index < -0.39 is 35.1 Å². The minimum absolute atomic E-state index is 0.304. The van der Waals surface area contributed by atoms with Crippen molar-refractivity contribution in [2.45, 2.75) is 19.5 Å². The van der Waals surface area contributed by atoms with Crippen LogP contribution < -0.4 is 10.2 Å². The molecular formula is C8H5F6NO2. The van der Waals surface area contributed by atoms with Gasteiger partial charge >= 0.3 is 12.5 Å². The molecule has 0 radical (unpaired) electrons. The van der Waals surface area contributed by atoms with Crippen molar-refractivity contribution in [2.75, 3.05) is 0 Å². The first-order valence-electron chi connectivity index (χ1n) is 4.07. The highest BCUT2D eigenvalue weighted by atomic mass is 19.4. The lowest BCUT2D eigenvalue weighted by molar-refractivity contribution is -0.276. The second kappa shape index (κ2) is 3.97. The summed E-state index contributed by atoms with van der Waals surface area (Å²) in [5.41, 5.74) is -3.49.